The van der Waals surface area contributed by atoms with E-state index in [0.29, 0.717) is 23.7 Å². The van der Waals surface area contributed by atoms with Crippen LogP contribution >= 0.6 is 0 Å². The molecule has 2 rings (SSSR count). The first-order valence-electron chi connectivity index (χ1n) is 7.98. The van der Waals surface area contributed by atoms with Gasteiger partial charge in [-0.25, -0.2) is 5.43 Å². The molecule has 0 atom stereocenters. The van der Waals surface area contributed by atoms with E-state index in [4.69, 9.17) is 9.47 Å². The van der Waals surface area contributed by atoms with Crippen molar-refractivity contribution in [3.8, 4) is 17.2 Å². The van der Waals surface area contributed by atoms with E-state index in [0.717, 1.165) is 11.1 Å². The highest BCUT2D eigenvalue weighted by Gasteiger charge is 2.06. The van der Waals surface area contributed by atoms with Crippen LogP contribution in [0.4, 0.5) is 0 Å². The number of phenolic OH excluding ortho intramolecular Hbond substituents is 1. The zero-order valence-corrected chi connectivity index (χ0v) is 14.6. The SMILES string of the molecule is CCOc1ccc(/C=N/NC(=O)COc2cccc(C)c2C)c(O)c1. The van der Waals surface area contributed by atoms with Gasteiger partial charge in [-0.15, -0.1) is 0 Å². The Hall–Kier alpha value is -3.02. The minimum absolute atomic E-state index is 0.0237. The number of carbonyl (C=O) groups is 1. The van der Waals surface area contributed by atoms with Gasteiger partial charge in [0, 0.05) is 11.6 Å². The second kappa shape index (κ2) is 8.73. The van der Waals surface area contributed by atoms with E-state index in [9.17, 15) is 9.90 Å². The molecule has 2 aromatic carbocycles. The zero-order valence-electron chi connectivity index (χ0n) is 14.6. The molecule has 0 unspecified atom stereocenters. The molecule has 0 heterocycles. The van der Waals surface area contributed by atoms with Crippen LogP contribution in [0.2, 0.25) is 0 Å². The third kappa shape index (κ3) is 5.24. The molecule has 0 saturated carbocycles. The van der Waals surface area contributed by atoms with Crippen LogP contribution < -0.4 is 14.9 Å². The number of hydrazone groups is 1. The standard InChI is InChI=1S/C19H22N2O4/c1-4-24-16-9-8-15(17(22)10-16)11-20-21-19(23)12-25-18-7-5-6-13(2)14(18)3/h5-11,22H,4,12H2,1-3H3,(H,21,23)/b20-11+. The van der Waals surface area contributed by atoms with Gasteiger partial charge in [-0.2, -0.15) is 5.10 Å². The van der Waals surface area contributed by atoms with Crippen LogP contribution in [-0.2, 0) is 4.79 Å². The van der Waals surface area contributed by atoms with E-state index in [1.807, 2.05) is 39.0 Å². The normalized spacial score (nSPS) is 10.7. The van der Waals surface area contributed by atoms with Crippen LogP contribution in [0.1, 0.15) is 23.6 Å². The van der Waals surface area contributed by atoms with Crippen LogP contribution in [0.5, 0.6) is 17.2 Å². The Morgan fingerprint density at radius 3 is 2.76 bits per heavy atom. The van der Waals surface area contributed by atoms with Crippen molar-refractivity contribution >= 4 is 12.1 Å². The molecule has 6 heteroatoms. The van der Waals surface area contributed by atoms with Crippen molar-refractivity contribution in [1.82, 2.24) is 5.43 Å². The number of carbonyl (C=O) groups excluding carboxylic acids is 1. The van der Waals surface area contributed by atoms with E-state index in [1.54, 1.807) is 12.1 Å². The molecule has 0 aromatic heterocycles. The van der Waals surface area contributed by atoms with Crippen molar-refractivity contribution in [3.05, 3.63) is 53.1 Å². The fraction of sp³-hybridized carbons (Fsp3) is 0.263. The molecule has 0 saturated heterocycles. The van der Waals surface area contributed by atoms with Crippen LogP contribution in [0.3, 0.4) is 0 Å². The van der Waals surface area contributed by atoms with Crippen molar-refractivity contribution in [1.29, 1.82) is 0 Å². The molecule has 0 aliphatic carbocycles. The molecule has 2 N–H and O–H groups in total. The van der Waals surface area contributed by atoms with Crippen molar-refractivity contribution in [2.75, 3.05) is 13.2 Å². The Bertz CT molecular complexity index is 772. The lowest BCUT2D eigenvalue weighted by Gasteiger charge is -2.09. The molecular weight excluding hydrogens is 320 g/mol. The van der Waals surface area contributed by atoms with E-state index in [2.05, 4.69) is 10.5 Å². The summed E-state index contributed by atoms with van der Waals surface area (Å²) in [7, 11) is 0. The predicted octanol–water partition coefficient (Wildman–Crippen LogP) is 2.94. The molecule has 132 valence electrons. The Balaban J connectivity index is 1.87. The van der Waals surface area contributed by atoms with Gasteiger partial charge in [0.1, 0.15) is 17.2 Å². The van der Waals surface area contributed by atoms with Crippen LogP contribution in [0.25, 0.3) is 0 Å². The Morgan fingerprint density at radius 2 is 2.04 bits per heavy atom. The number of aryl methyl sites for hydroxylation is 1. The maximum Gasteiger partial charge on any atom is 0.277 e. The number of ether oxygens (including phenoxy) is 2. The monoisotopic (exact) mass is 342 g/mol. The number of nitrogens with one attached hydrogen (secondary N) is 1. The van der Waals surface area contributed by atoms with E-state index >= 15 is 0 Å². The van der Waals surface area contributed by atoms with Gasteiger partial charge in [0.15, 0.2) is 6.61 Å². The third-order valence-electron chi connectivity index (χ3n) is 3.62. The number of hydrogen-bond donors (Lipinski definition) is 2. The lowest BCUT2D eigenvalue weighted by atomic mass is 10.1. The summed E-state index contributed by atoms with van der Waals surface area (Å²) in [4.78, 5) is 11.8. The molecule has 2 aromatic rings. The lowest BCUT2D eigenvalue weighted by molar-refractivity contribution is -0.123. The predicted molar refractivity (Wildman–Crippen MR) is 96.4 cm³/mol. The van der Waals surface area contributed by atoms with Crippen molar-refractivity contribution in [3.63, 3.8) is 0 Å². The molecular formula is C19H22N2O4. The zero-order chi connectivity index (χ0) is 18.2. The second-order valence-corrected chi connectivity index (χ2v) is 5.43. The molecule has 0 radical (unpaired) electrons. The van der Waals surface area contributed by atoms with Gasteiger partial charge in [0.25, 0.3) is 5.91 Å². The summed E-state index contributed by atoms with van der Waals surface area (Å²) in [6, 6.07) is 10.5. The molecule has 6 nitrogen and oxygen atoms in total. The fourth-order valence-corrected chi connectivity index (χ4v) is 2.12. The minimum atomic E-state index is -0.386. The summed E-state index contributed by atoms with van der Waals surface area (Å²) in [5, 5.41) is 13.7. The second-order valence-electron chi connectivity index (χ2n) is 5.43. The van der Waals surface area contributed by atoms with Gasteiger partial charge < -0.3 is 14.6 Å². The molecule has 25 heavy (non-hydrogen) atoms. The number of rotatable bonds is 7. The highest BCUT2D eigenvalue weighted by molar-refractivity contribution is 5.85. The van der Waals surface area contributed by atoms with Crippen molar-refractivity contribution < 1.29 is 19.4 Å². The largest absolute Gasteiger partial charge is 0.507 e. The maximum absolute atomic E-state index is 11.8. The van der Waals surface area contributed by atoms with Crippen LogP contribution in [0.15, 0.2) is 41.5 Å². The Morgan fingerprint density at radius 1 is 1.24 bits per heavy atom. The summed E-state index contributed by atoms with van der Waals surface area (Å²) < 4.78 is 10.8. The first kappa shape index (κ1) is 18.3. The van der Waals surface area contributed by atoms with Crippen molar-refractivity contribution in [2.24, 2.45) is 5.10 Å². The summed E-state index contributed by atoms with van der Waals surface area (Å²) in [5.74, 6) is 0.879. The summed E-state index contributed by atoms with van der Waals surface area (Å²) in [6.07, 6.45) is 1.36. The topological polar surface area (TPSA) is 80.2 Å². The van der Waals surface area contributed by atoms with E-state index in [-0.39, 0.29) is 18.3 Å². The molecule has 0 aliphatic heterocycles. The highest BCUT2D eigenvalue weighted by Crippen LogP contribution is 2.22. The average molecular weight is 342 g/mol. The van der Waals surface area contributed by atoms with Gasteiger partial charge in [-0.3, -0.25) is 4.79 Å². The fourth-order valence-electron chi connectivity index (χ4n) is 2.12. The minimum Gasteiger partial charge on any atom is -0.507 e. The number of amides is 1. The number of aromatic hydroxyl groups is 1. The first-order valence-corrected chi connectivity index (χ1v) is 7.98. The number of phenols is 1. The summed E-state index contributed by atoms with van der Waals surface area (Å²) in [6.45, 7) is 6.16. The van der Waals surface area contributed by atoms with E-state index < -0.39 is 0 Å². The van der Waals surface area contributed by atoms with Gasteiger partial charge in [-0.1, -0.05) is 12.1 Å². The summed E-state index contributed by atoms with van der Waals surface area (Å²) in [5.41, 5.74) is 4.93. The summed E-state index contributed by atoms with van der Waals surface area (Å²) >= 11 is 0. The van der Waals surface area contributed by atoms with Gasteiger partial charge in [0.05, 0.1) is 12.8 Å². The van der Waals surface area contributed by atoms with E-state index in [1.165, 1.54) is 12.3 Å². The van der Waals surface area contributed by atoms with Crippen LogP contribution in [-0.4, -0.2) is 30.4 Å². The lowest BCUT2D eigenvalue weighted by Crippen LogP contribution is -2.24. The highest BCUT2D eigenvalue weighted by atomic mass is 16.5. The number of benzene rings is 2. The van der Waals surface area contributed by atoms with Gasteiger partial charge >= 0.3 is 0 Å². The van der Waals surface area contributed by atoms with Crippen molar-refractivity contribution in [2.45, 2.75) is 20.8 Å². The third-order valence-corrected chi connectivity index (χ3v) is 3.62. The molecule has 0 spiro atoms. The smallest absolute Gasteiger partial charge is 0.277 e. The Labute approximate surface area is 147 Å². The van der Waals surface area contributed by atoms with Crippen LogP contribution in [0, 0.1) is 13.8 Å². The molecule has 0 aliphatic rings. The quantitative estimate of drug-likeness (QED) is 0.599. The average Bonchev–Trinajstić information content (AvgIpc) is 2.58. The Kier molecular flexibility index (Phi) is 6.39. The maximum atomic E-state index is 11.8. The van der Waals surface area contributed by atoms with Gasteiger partial charge in [0.2, 0.25) is 0 Å². The first-order chi connectivity index (χ1) is 12.0. The molecule has 0 bridgehead atoms. The van der Waals surface area contributed by atoms with Gasteiger partial charge in [-0.05, 0) is 50.1 Å². The number of hydrogen-bond acceptors (Lipinski definition) is 5. The molecule has 0 fully saturated rings. The molecule has 1 amide bonds. The number of nitrogens with zero attached hydrogens (tertiary/aromatic N) is 1.